The van der Waals surface area contributed by atoms with Gasteiger partial charge >= 0.3 is 5.97 Å². The van der Waals surface area contributed by atoms with Crippen LogP contribution in [0.15, 0.2) is 0 Å². The normalized spacial score (nSPS) is 12.8. The number of aliphatic hydroxyl groups is 2. The molecule has 0 spiro atoms. The molecule has 0 aromatic heterocycles. The van der Waals surface area contributed by atoms with Crippen LogP contribution in [0.2, 0.25) is 0 Å². The first kappa shape index (κ1) is 13.9. The summed E-state index contributed by atoms with van der Waals surface area (Å²) in [6.45, 7) is 4.79. The molecule has 12 heavy (non-hydrogen) atoms. The maximum Gasteiger partial charge on any atom is 0.332 e. The fourth-order valence-corrected chi connectivity index (χ4v) is 0. The van der Waals surface area contributed by atoms with E-state index in [1.807, 2.05) is 0 Å². The molecule has 0 fully saturated rings. The van der Waals surface area contributed by atoms with E-state index in [1.165, 1.54) is 6.92 Å². The van der Waals surface area contributed by atoms with Gasteiger partial charge in [0.15, 0.2) is 0 Å². The molecule has 0 bridgehead atoms. The van der Waals surface area contributed by atoms with Crippen molar-refractivity contribution in [1.82, 2.24) is 0 Å². The van der Waals surface area contributed by atoms with Crippen molar-refractivity contribution >= 4 is 5.97 Å². The summed E-state index contributed by atoms with van der Waals surface area (Å²) in [5, 5.41) is 24.0. The minimum Gasteiger partial charge on any atom is -0.479 e. The SMILES string of the molecule is CC(C)(N)CO.CC(O)C(=O)O. The Balaban J connectivity index is 0. The van der Waals surface area contributed by atoms with Crippen LogP contribution in [0.1, 0.15) is 20.8 Å². The monoisotopic (exact) mass is 179 g/mol. The van der Waals surface area contributed by atoms with E-state index in [4.69, 9.17) is 21.1 Å². The summed E-state index contributed by atoms with van der Waals surface area (Å²) in [5.74, 6) is -1.19. The highest BCUT2D eigenvalue weighted by atomic mass is 16.4. The molecule has 0 saturated heterocycles. The third kappa shape index (κ3) is 16.2. The average molecular weight is 179 g/mol. The summed E-state index contributed by atoms with van der Waals surface area (Å²) in [5.41, 5.74) is 4.88. The molecule has 0 radical (unpaired) electrons. The quantitative estimate of drug-likeness (QED) is 0.443. The maximum atomic E-state index is 9.45. The van der Waals surface area contributed by atoms with Gasteiger partial charge in [-0.15, -0.1) is 0 Å². The van der Waals surface area contributed by atoms with Crippen molar-refractivity contribution in [3.8, 4) is 0 Å². The van der Waals surface area contributed by atoms with E-state index in [1.54, 1.807) is 13.8 Å². The van der Waals surface area contributed by atoms with Crippen LogP contribution in [0, 0.1) is 0 Å². The van der Waals surface area contributed by atoms with E-state index in [-0.39, 0.29) is 6.61 Å². The Labute approximate surface area is 71.8 Å². The number of hydrogen-bond acceptors (Lipinski definition) is 4. The lowest BCUT2D eigenvalue weighted by Crippen LogP contribution is -2.35. The Hall–Kier alpha value is -0.650. The molecule has 1 unspecified atom stereocenters. The molecule has 5 heteroatoms. The summed E-state index contributed by atoms with van der Waals surface area (Å²) in [6, 6.07) is 0. The molecule has 0 aromatic rings. The molecule has 0 rings (SSSR count). The van der Waals surface area contributed by atoms with Gasteiger partial charge in [0.05, 0.1) is 6.61 Å². The molecule has 74 valence electrons. The van der Waals surface area contributed by atoms with Crippen LogP contribution >= 0.6 is 0 Å². The van der Waals surface area contributed by atoms with E-state index in [9.17, 15) is 4.79 Å². The molecule has 0 aliphatic rings. The van der Waals surface area contributed by atoms with Crippen molar-refractivity contribution in [3.63, 3.8) is 0 Å². The molecule has 0 aliphatic carbocycles. The second kappa shape index (κ2) is 5.93. The van der Waals surface area contributed by atoms with Crippen LogP contribution < -0.4 is 5.73 Å². The first-order valence-electron chi connectivity index (χ1n) is 3.51. The lowest BCUT2D eigenvalue weighted by Gasteiger charge is -2.12. The van der Waals surface area contributed by atoms with Crippen molar-refractivity contribution < 1.29 is 20.1 Å². The summed E-state index contributed by atoms with van der Waals surface area (Å²) in [7, 11) is 0. The van der Waals surface area contributed by atoms with Crippen LogP contribution in [-0.2, 0) is 4.79 Å². The van der Waals surface area contributed by atoms with E-state index in [0.29, 0.717) is 0 Å². The Bertz CT molecular complexity index is 128. The number of carboxylic acid groups (broad SMARTS) is 1. The third-order valence-corrected chi connectivity index (χ3v) is 0.765. The number of hydrogen-bond donors (Lipinski definition) is 4. The number of aliphatic carboxylic acids is 1. The summed E-state index contributed by atoms with van der Waals surface area (Å²) in [6.07, 6.45) is -1.23. The Morgan fingerprint density at radius 1 is 1.58 bits per heavy atom. The van der Waals surface area contributed by atoms with Crippen LogP contribution in [0.4, 0.5) is 0 Å². The molecular formula is C7H17NO4. The van der Waals surface area contributed by atoms with Gasteiger partial charge in [-0.3, -0.25) is 0 Å². The molecule has 0 heterocycles. The molecule has 1 atom stereocenters. The summed E-state index contributed by atoms with van der Waals surface area (Å²) < 4.78 is 0. The first-order valence-corrected chi connectivity index (χ1v) is 3.51. The molecule has 0 amide bonds. The van der Waals surface area contributed by atoms with Gasteiger partial charge in [-0.1, -0.05) is 0 Å². The molecule has 0 aliphatic heterocycles. The zero-order chi connectivity index (χ0) is 10.4. The van der Waals surface area contributed by atoms with Gasteiger partial charge in [0.25, 0.3) is 0 Å². The maximum absolute atomic E-state index is 9.45. The minimum atomic E-state index is -1.23. The average Bonchev–Trinajstić information content (AvgIpc) is 1.87. The second-order valence-electron chi connectivity index (χ2n) is 3.16. The number of nitrogens with two attached hydrogens (primary N) is 1. The number of carbonyl (C=O) groups is 1. The fraction of sp³-hybridized carbons (Fsp3) is 0.857. The first-order chi connectivity index (χ1) is 5.20. The largest absolute Gasteiger partial charge is 0.479 e. The highest BCUT2D eigenvalue weighted by Gasteiger charge is 2.05. The standard InChI is InChI=1S/C4H11NO.C3H6O3/c1-4(2,5)3-6;1-2(4)3(5)6/h6H,3,5H2,1-2H3;2,4H,1H3,(H,5,6). The van der Waals surface area contributed by atoms with E-state index in [2.05, 4.69) is 0 Å². The highest BCUT2D eigenvalue weighted by Crippen LogP contribution is 1.89. The van der Waals surface area contributed by atoms with Gasteiger partial charge in [-0.2, -0.15) is 0 Å². The van der Waals surface area contributed by atoms with Crippen LogP contribution in [-0.4, -0.2) is 39.5 Å². The molecule has 0 saturated carbocycles. The van der Waals surface area contributed by atoms with Crippen molar-refractivity contribution in [1.29, 1.82) is 0 Å². The predicted octanol–water partition coefficient (Wildman–Crippen LogP) is -0.832. The Kier molecular flexibility index (Phi) is 6.88. The van der Waals surface area contributed by atoms with Gasteiger partial charge in [0, 0.05) is 5.54 Å². The minimum absolute atomic E-state index is 0.0486. The van der Waals surface area contributed by atoms with Gasteiger partial charge in [-0.05, 0) is 20.8 Å². The predicted molar refractivity (Wildman–Crippen MR) is 44.7 cm³/mol. The molecule has 5 nitrogen and oxygen atoms in total. The van der Waals surface area contributed by atoms with Gasteiger partial charge in [-0.25, -0.2) is 4.79 Å². The lowest BCUT2D eigenvalue weighted by molar-refractivity contribution is -0.145. The molecular weight excluding hydrogens is 162 g/mol. The number of rotatable bonds is 2. The van der Waals surface area contributed by atoms with Crippen molar-refractivity contribution in [2.75, 3.05) is 6.61 Å². The van der Waals surface area contributed by atoms with E-state index >= 15 is 0 Å². The van der Waals surface area contributed by atoms with Gasteiger partial charge < -0.3 is 21.1 Å². The third-order valence-electron chi connectivity index (χ3n) is 0.765. The van der Waals surface area contributed by atoms with Crippen LogP contribution in [0.25, 0.3) is 0 Å². The number of carboxylic acids is 1. The highest BCUT2D eigenvalue weighted by molar-refractivity contribution is 5.71. The second-order valence-corrected chi connectivity index (χ2v) is 3.16. The van der Waals surface area contributed by atoms with Crippen molar-refractivity contribution in [2.45, 2.75) is 32.4 Å². The van der Waals surface area contributed by atoms with Crippen LogP contribution in [0.5, 0.6) is 0 Å². The van der Waals surface area contributed by atoms with Crippen molar-refractivity contribution in [3.05, 3.63) is 0 Å². The number of aliphatic hydroxyl groups excluding tert-OH is 2. The van der Waals surface area contributed by atoms with Gasteiger partial charge in [0.2, 0.25) is 0 Å². The fourth-order valence-electron chi connectivity index (χ4n) is 0. The van der Waals surface area contributed by atoms with Crippen LogP contribution in [0.3, 0.4) is 0 Å². The summed E-state index contributed by atoms with van der Waals surface area (Å²) in [4.78, 5) is 9.45. The Morgan fingerprint density at radius 3 is 1.75 bits per heavy atom. The zero-order valence-electron chi connectivity index (χ0n) is 7.61. The summed E-state index contributed by atoms with van der Waals surface area (Å²) >= 11 is 0. The van der Waals surface area contributed by atoms with E-state index < -0.39 is 17.6 Å². The lowest BCUT2D eigenvalue weighted by atomic mass is 10.1. The topological polar surface area (TPSA) is 104 Å². The zero-order valence-corrected chi connectivity index (χ0v) is 7.61. The molecule has 5 N–H and O–H groups in total. The van der Waals surface area contributed by atoms with E-state index in [0.717, 1.165) is 0 Å². The van der Waals surface area contributed by atoms with Crippen molar-refractivity contribution in [2.24, 2.45) is 5.73 Å². The molecule has 0 aromatic carbocycles. The van der Waals surface area contributed by atoms with Gasteiger partial charge in [0.1, 0.15) is 6.10 Å². The Morgan fingerprint density at radius 2 is 1.75 bits per heavy atom. The smallest absolute Gasteiger partial charge is 0.332 e.